The van der Waals surface area contributed by atoms with Crippen molar-refractivity contribution in [3.8, 4) is 0 Å². The largest absolute Gasteiger partial charge is 0.384 e. The van der Waals surface area contributed by atoms with Crippen molar-refractivity contribution in [2.75, 3.05) is 12.3 Å². The smallest absolute Gasteiger partial charge is 0.0856 e. The highest BCUT2D eigenvalue weighted by Crippen LogP contribution is 2.58. The van der Waals surface area contributed by atoms with Crippen molar-refractivity contribution in [1.29, 1.82) is 0 Å². The molecule has 0 saturated carbocycles. The van der Waals surface area contributed by atoms with Gasteiger partial charge in [-0.3, -0.25) is 0 Å². The fourth-order valence-corrected chi connectivity index (χ4v) is 5.10. The van der Waals surface area contributed by atoms with Gasteiger partial charge in [-0.25, -0.2) is 0 Å². The third kappa shape index (κ3) is 2.84. The van der Waals surface area contributed by atoms with E-state index in [4.69, 9.17) is 5.73 Å². The van der Waals surface area contributed by atoms with Gasteiger partial charge in [0.15, 0.2) is 0 Å². The van der Waals surface area contributed by atoms with Crippen LogP contribution in [0, 0.1) is 0 Å². The van der Waals surface area contributed by atoms with E-state index in [1.54, 1.807) is 20.8 Å². The van der Waals surface area contributed by atoms with Crippen LogP contribution in [0.15, 0.2) is 0 Å². The van der Waals surface area contributed by atoms with Gasteiger partial charge in [-0.15, -0.1) is 0 Å². The molecule has 5 heteroatoms. The maximum absolute atomic E-state index is 9.71. The van der Waals surface area contributed by atoms with Gasteiger partial charge in [0.25, 0.3) is 0 Å². The molecule has 0 fully saturated rings. The summed E-state index contributed by atoms with van der Waals surface area (Å²) in [7, 11) is -1.82. The molecule has 0 aromatic rings. The molecule has 0 aromatic carbocycles. The Morgan fingerprint density at radius 1 is 1.00 bits per heavy atom. The highest BCUT2D eigenvalue weighted by molar-refractivity contribution is 8.34. The normalized spacial score (nSPS) is 24.8. The van der Waals surface area contributed by atoms with Gasteiger partial charge in [0.1, 0.15) is 0 Å². The molecule has 3 unspecified atom stereocenters. The Balaban J connectivity index is 4.76. The number of hydrogen-bond acceptors (Lipinski definition) is 4. The predicted molar refractivity (Wildman–Crippen MR) is 61.2 cm³/mol. The molecule has 0 bridgehead atoms. The predicted octanol–water partition coefficient (Wildman–Crippen LogP) is 0.155. The molecular formula is C9H23NO3S. The Kier molecular flexibility index (Phi) is 6.00. The maximum atomic E-state index is 9.71. The lowest BCUT2D eigenvalue weighted by Gasteiger charge is -2.47. The molecule has 0 radical (unpaired) electrons. The zero-order valence-electron chi connectivity index (χ0n) is 9.18. The second kappa shape index (κ2) is 5.92. The molecule has 0 saturated heterocycles. The van der Waals surface area contributed by atoms with Gasteiger partial charge in [-0.2, -0.15) is 10.0 Å². The zero-order valence-corrected chi connectivity index (χ0v) is 10.00. The lowest BCUT2D eigenvalue weighted by molar-refractivity contribution is 0.216. The molecule has 4 nitrogen and oxygen atoms in total. The van der Waals surface area contributed by atoms with Crippen LogP contribution in [0.4, 0.5) is 0 Å². The first-order chi connectivity index (χ1) is 6.39. The van der Waals surface area contributed by atoms with E-state index in [1.165, 1.54) is 0 Å². The summed E-state index contributed by atoms with van der Waals surface area (Å²) in [6.45, 7) is 5.41. The highest BCUT2D eigenvalue weighted by Gasteiger charge is 2.38. The molecule has 5 N–H and O–H groups in total. The molecule has 0 spiro atoms. The minimum Gasteiger partial charge on any atom is -0.384 e. The molecule has 0 heterocycles. The first-order valence-corrected chi connectivity index (χ1v) is 6.90. The standard InChI is InChI=1S/C9H23NO3S/c1-7(11)14(8(2)12,9(3)13)6-4-5-10/h7-9,11-13H,4-6,10H2,1-3H3. The van der Waals surface area contributed by atoms with Crippen LogP contribution < -0.4 is 5.73 Å². The molecule has 0 aliphatic rings. The van der Waals surface area contributed by atoms with E-state index >= 15 is 0 Å². The van der Waals surface area contributed by atoms with Gasteiger partial charge < -0.3 is 21.1 Å². The van der Waals surface area contributed by atoms with Gasteiger partial charge in [-0.05, 0) is 39.5 Å². The van der Waals surface area contributed by atoms with Crippen LogP contribution in [-0.2, 0) is 0 Å². The van der Waals surface area contributed by atoms with E-state index in [0.717, 1.165) is 6.42 Å². The van der Waals surface area contributed by atoms with Crippen molar-refractivity contribution >= 4 is 10.0 Å². The van der Waals surface area contributed by atoms with Crippen LogP contribution in [0.1, 0.15) is 27.2 Å². The lowest BCUT2D eigenvalue weighted by Crippen LogP contribution is -2.35. The number of aliphatic hydroxyl groups is 3. The van der Waals surface area contributed by atoms with Crippen molar-refractivity contribution in [3.63, 3.8) is 0 Å². The summed E-state index contributed by atoms with van der Waals surface area (Å²) in [5.41, 5.74) is 3.39. The number of hydrogen-bond donors (Lipinski definition) is 4. The first-order valence-electron chi connectivity index (χ1n) is 4.91. The lowest BCUT2D eigenvalue weighted by atomic mass is 10.5. The van der Waals surface area contributed by atoms with E-state index in [9.17, 15) is 15.3 Å². The van der Waals surface area contributed by atoms with E-state index in [2.05, 4.69) is 0 Å². The topological polar surface area (TPSA) is 86.7 Å². The summed E-state index contributed by atoms with van der Waals surface area (Å²) < 4.78 is 0. The van der Waals surface area contributed by atoms with Gasteiger partial charge >= 0.3 is 0 Å². The molecule has 0 aliphatic heterocycles. The molecular weight excluding hydrogens is 202 g/mol. The Morgan fingerprint density at radius 3 is 1.57 bits per heavy atom. The Labute approximate surface area is 87.4 Å². The molecule has 3 atom stereocenters. The summed E-state index contributed by atoms with van der Waals surface area (Å²) >= 11 is 0. The van der Waals surface area contributed by atoms with Crippen LogP contribution in [0.3, 0.4) is 0 Å². The van der Waals surface area contributed by atoms with Crippen molar-refractivity contribution in [1.82, 2.24) is 0 Å². The third-order valence-electron chi connectivity index (χ3n) is 2.61. The second-order valence-corrected chi connectivity index (χ2v) is 7.82. The first kappa shape index (κ1) is 14.2. The van der Waals surface area contributed by atoms with E-state index in [-0.39, 0.29) is 0 Å². The molecule has 88 valence electrons. The van der Waals surface area contributed by atoms with Crippen LogP contribution in [0.5, 0.6) is 0 Å². The Bertz CT molecular complexity index is 140. The van der Waals surface area contributed by atoms with Crippen molar-refractivity contribution in [2.24, 2.45) is 5.73 Å². The van der Waals surface area contributed by atoms with E-state index in [0.29, 0.717) is 12.3 Å². The maximum Gasteiger partial charge on any atom is 0.0856 e. The summed E-state index contributed by atoms with van der Waals surface area (Å²) in [4.78, 5) is 0. The van der Waals surface area contributed by atoms with Crippen LogP contribution in [0.2, 0.25) is 0 Å². The van der Waals surface area contributed by atoms with Crippen LogP contribution >= 0.6 is 10.0 Å². The van der Waals surface area contributed by atoms with E-state index < -0.39 is 26.3 Å². The van der Waals surface area contributed by atoms with Gasteiger partial charge in [0, 0.05) is 0 Å². The number of aliphatic hydroxyl groups excluding tert-OH is 3. The summed E-state index contributed by atoms with van der Waals surface area (Å²) in [6, 6.07) is 0. The molecule has 0 aromatic heterocycles. The summed E-state index contributed by atoms with van der Waals surface area (Å²) in [6.07, 6.45) is 0.718. The van der Waals surface area contributed by atoms with Crippen molar-refractivity contribution in [2.45, 2.75) is 43.5 Å². The third-order valence-corrected chi connectivity index (χ3v) is 7.41. The highest BCUT2D eigenvalue weighted by atomic mass is 32.3. The van der Waals surface area contributed by atoms with Crippen molar-refractivity contribution in [3.05, 3.63) is 0 Å². The van der Waals surface area contributed by atoms with Gasteiger partial charge in [-0.1, -0.05) is 0 Å². The fraction of sp³-hybridized carbons (Fsp3) is 1.00. The van der Waals surface area contributed by atoms with E-state index in [1.807, 2.05) is 0 Å². The Hall–Kier alpha value is 0.190. The molecule has 0 aliphatic carbocycles. The summed E-state index contributed by atoms with van der Waals surface area (Å²) in [5.74, 6) is 0.608. The van der Waals surface area contributed by atoms with Gasteiger partial charge in [0.2, 0.25) is 0 Å². The molecule has 14 heavy (non-hydrogen) atoms. The average molecular weight is 225 g/mol. The fourth-order valence-electron chi connectivity index (χ4n) is 1.70. The monoisotopic (exact) mass is 225 g/mol. The molecule has 0 amide bonds. The second-order valence-electron chi connectivity index (χ2n) is 3.55. The minimum atomic E-state index is -1.82. The minimum absolute atomic E-state index is 0.515. The summed E-state index contributed by atoms with van der Waals surface area (Å²) in [5, 5.41) is 29.1. The van der Waals surface area contributed by atoms with Crippen LogP contribution in [0.25, 0.3) is 0 Å². The number of nitrogens with two attached hydrogens (primary N) is 1. The SMILES string of the molecule is CC(O)S(CCCN)(C(C)O)C(C)O. The van der Waals surface area contributed by atoms with Crippen LogP contribution in [-0.4, -0.2) is 43.9 Å². The van der Waals surface area contributed by atoms with Crippen molar-refractivity contribution < 1.29 is 15.3 Å². The van der Waals surface area contributed by atoms with Gasteiger partial charge in [0.05, 0.1) is 16.3 Å². The number of rotatable bonds is 6. The zero-order chi connectivity index (χ0) is 11.4. The molecule has 0 rings (SSSR count). The quantitative estimate of drug-likeness (QED) is 0.518. The average Bonchev–Trinajstić information content (AvgIpc) is 2.03. The Morgan fingerprint density at radius 2 is 1.36 bits per heavy atom.